The van der Waals surface area contributed by atoms with Gasteiger partial charge in [-0.2, -0.15) is 8.42 Å². The van der Waals surface area contributed by atoms with Crippen LogP contribution < -0.4 is 4.68 Å². The second-order valence-corrected chi connectivity index (χ2v) is 7.45. The first-order valence-electron chi connectivity index (χ1n) is 6.19. The van der Waals surface area contributed by atoms with Crippen LogP contribution >= 0.6 is 11.3 Å². The molecule has 0 saturated carbocycles. The van der Waals surface area contributed by atoms with Gasteiger partial charge in [0.2, 0.25) is 0 Å². The molecule has 0 unspecified atom stereocenters. The van der Waals surface area contributed by atoms with E-state index in [1.165, 1.54) is 0 Å². The van der Waals surface area contributed by atoms with Crippen molar-refractivity contribution in [2.45, 2.75) is 32.2 Å². The molecule has 2 rings (SSSR count). The highest BCUT2D eigenvalue weighted by atomic mass is 32.2. The van der Waals surface area contributed by atoms with Crippen molar-refractivity contribution >= 4 is 21.5 Å². The Morgan fingerprint density at radius 2 is 1.85 bits per heavy atom. The number of hydrogen-bond donors (Lipinski definition) is 0. The van der Waals surface area contributed by atoms with E-state index in [9.17, 15) is 8.42 Å². The van der Waals surface area contributed by atoms with E-state index in [0.29, 0.717) is 6.54 Å². The summed E-state index contributed by atoms with van der Waals surface area (Å²) < 4.78 is 30.7. The van der Waals surface area contributed by atoms with Gasteiger partial charge in [-0.05, 0) is 26.0 Å². The summed E-state index contributed by atoms with van der Waals surface area (Å²) in [5.41, 5.74) is 1.01. The summed E-state index contributed by atoms with van der Waals surface area (Å²) in [4.78, 5) is 0.180. The Bertz CT molecular complexity index is 691. The van der Waals surface area contributed by atoms with Gasteiger partial charge in [-0.25, -0.2) is 0 Å². The van der Waals surface area contributed by atoms with Crippen LogP contribution in [-0.4, -0.2) is 20.1 Å². The molecule has 1 aromatic carbocycles. The number of rotatable bonds is 5. The van der Waals surface area contributed by atoms with Gasteiger partial charge in [-0.3, -0.25) is 4.18 Å². The van der Waals surface area contributed by atoms with Crippen LogP contribution in [-0.2, 0) is 20.8 Å². The molecule has 0 radical (unpaired) electrons. The van der Waals surface area contributed by atoms with E-state index in [-0.39, 0.29) is 11.5 Å². The van der Waals surface area contributed by atoms with Crippen molar-refractivity contribution in [1.29, 1.82) is 0 Å². The maximum atomic E-state index is 12.0. The zero-order valence-corrected chi connectivity index (χ0v) is 13.3. The highest BCUT2D eigenvalue weighted by Gasteiger charge is 2.18. The van der Waals surface area contributed by atoms with Crippen molar-refractivity contribution in [3.05, 3.63) is 39.8 Å². The Kier molecular flexibility index (Phi) is 4.52. The molecule has 0 bridgehead atoms. The van der Waals surface area contributed by atoms with E-state index in [2.05, 4.69) is 5.10 Å². The summed E-state index contributed by atoms with van der Waals surface area (Å²) in [6.45, 7) is 6.25. The quantitative estimate of drug-likeness (QED) is 0.623. The molecule has 0 atom stereocenters. The summed E-state index contributed by atoms with van der Waals surface area (Å²) in [5, 5.41) is 6.25. The molecule has 0 saturated heterocycles. The first kappa shape index (κ1) is 15.1. The highest BCUT2D eigenvalue weighted by Crippen LogP contribution is 2.13. The van der Waals surface area contributed by atoms with E-state index in [1.807, 2.05) is 20.8 Å². The molecular weight excluding hydrogens is 296 g/mol. The minimum Gasteiger partial charge on any atom is -0.260 e. The summed E-state index contributed by atoms with van der Waals surface area (Å²) in [6.07, 6.45) is 0. The van der Waals surface area contributed by atoms with Crippen LogP contribution in [0.1, 0.15) is 15.6 Å². The van der Waals surface area contributed by atoms with Crippen molar-refractivity contribution in [3.8, 4) is 0 Å². The van der Waals surface area contributed by atoms with Gasteiger partial charge in [0.1, 0.15) is 6.61 Å². The van der Waals surface area contributed by atoms with Crippen LogP contribution in [0.2, 0.25) is 0 Å². The lowest BCUT2D eigenvalue weighted by Crippen LogP contribution is -2.40. The van der Waals surface area contributed by atoms with E-state index in [4.69, 9.17) is 4.18 Å². The second kappa shape index (κ2) is 5.99. The Morgan fingerprint density at radius 3 is 2.40 bits per heavy atom. The Morgan fingerprint density at radius 1 is 1.20 bits per heavy atom. The summed E-state index contributed by atoms with van der Waals surface area (Å²) in [5.74, 6) is 0. The van der Waals surface area contributed by atoms with Crippen LogP contribution in [0.15, 0.2) is 29.2 Å². The van der Waals surface area contributed by atoms with Crippen molar-refractivity contribution < 1.29 is 17.3 Å². The van der Waals surface area contributed by atoms with Gasteiger partial charge in [0.15, 0.2) is 11.6 Å². The predicted octanol–water partition coefficient (Wildman–Crippen LogP) is 1.76. The third-order valence-electron chi connectivity index (χ3n) is 2.77. The molecule has 0 amide bonds. The molecule has 0 aliphatic carbocycles. The van der Waals surface area contributed by atoms with E-state index < -0.39 is 10.1 Å². The van der Waals surface area contributed by atoms with Gasteiger partial charge in [-0.15, -0.1) is 0 Å². The fourth-order valence-electron chi connectivity index (χ4n) is 1.74. The maximum absolute atomic E-state index is 12.0. The van der Waals surface area contributed by atoms with Crippen LogP contribution in [0.4, 0.5) is 0 Å². The SMILES string of the molecule is Cc1ccc(S(=O)(=O)OCC[n+]2nc(C)sc2C)cc1. The van der Waals surface area contributed by atoms with E-state index in [0.717, 1.165) is 15.6 Å². The van der Waals surface area contributed by atoms with Crippen LogP contribution in [0, 0.1) is 20.8 Å². The number of aromatic nitrogens is 2. The maximum Gasteiger partial charge on any atom is 0.297 e. The molecule has 1 aromatic heterocycles. The fourth-order valence-corrected chi connectivity index (χ4v) is 3.44. The molecule has 0 spiro atoms. The first-order valence-corrected chi connectivity index (χ1v) is 8.41. The van der Waals surface area contributed by atoms with Gasteiger partial charge in [-0.1, -0.05) is 33.7 Å². The van der Waals surface area contributed by atoms with Gasteiger partial charge in [0.25, 0.3) is 15.1 Å². The van der Waals surface area contributed by atoms with E-state index >= 15 is 0 Å². The third-order valence-corrected chi connectivity index (χ3v) is 4.98. The molecular formula is C13H17N2O3S2+. The molecule has 7 heteroatoms. The van der Waals surface area contributed by atoms with Gasteiger partial charge in [0.05, 0.1) is 4.90 Å². The van der Waals surface area contributed by atoms with E-state index in [1.54, 1.807) is 40.3 Å². The van der Waals surface area contributed by atoms with Crippen molar-refractivity contribution in [2.24, 2.45) is 0 Å². The van der Waals surface area contributed by atoms with Gasteiger partial charge in [0, 0.05) is 12.0 Å². The normalized spacial score (nSPS) is 11.8. The predicted molar refractivity (Wildman–Crippen MR) is 76.1 cm³/mol. The highest BCUT2D eigenvalue weighted by molar-refractivity contribution is 7.86. The van der Waals surface area contributed by atoms with Crippen LogP contribution in [0.3, 0.4) is 0 Å². The molecule has 108 valence electrons. The van der Waals surface area contributed by atoms with Gasteiger partial charge < -0.3 is 0 Å². The standard InChI is InChI=1S/C13H17N2O3S2/c1-10-4-6-13(7-5-10)20(16,17)18-9-8-15-12(3)19-11(2)14-15/h4-7H,8-9H2,1-3H3/q+1. The molecule has 5 nitrogen and oxygen atoms in total. The van der Waals surface area contributed by atoms with Crippen LogP contribution in [0.5, 0.6) is 0 Å². The lowest BCUT2D eigenvalue weighted by atomic mass is 10.2. The van der Waals surface area contributed by atoms with Gasteiger partial charge >= 0.3 is 0 Å². The summed E-state index contributed by atoms with van der Waals surface area (Å²) in [6, 6.07) is 6.60. The summed E-state index contributed by atoms with van der Waals surface area (Å²) in [7, 11) is -3.69. The average Bonchev–Trinajstić information content (AvgIpc) is 2.68. The largest absolute Gasteiger partial charge is 0.297 e. The Hall–Kier alpha value is -1.31. The first-order chi connectivity index (χ1) is 9.38. The van der Waals surface area contributed by atoms with Crippen LogP contribution in [0.25, 0.3) is 0 Å². The molecule has 1 heterocycles. The second-order valence-electron chi connectivity index (χ2n) is 4.45. The zero-order valence-electron chi connectivity index (χ0n) is 11.7. The molecule has 0 fully saturated rings. The molecule has 2 aromatic rings. The lowest BCUT2D eigenvalue weighted by Gasteiger charge is -2.03. The minimum atomic E-state index is -3.69. The van der Waals surface area contributed by atoms with Crippen molar-refractivity contribution in [3.63, 3.8) is 0 Å². The summed E-state index contributed by atoms with van der Waals surface area (Å²) >= 11 is 1.57. The minimum absolute atomic E-state index is 0.0743. The Balaban J connectivity index is 1.99. The number of nitrogens with zero attached hydrogens (tertiary/aromatic N) is 2. The molecule has 0 aliphatic rings. The molecule has 0 aliphatic heterocycles. The number of aryl methyl sites for hydroxylation is 3. The number of hydrogen-bond acceptors (Lipinski definition) is 5. The zero-order chi connectivity index (χ0) is 14.8. The van der Waals surface area contributed by atoms with Crippen molar-refractivity contribution in [2.75, 3.05) is 6.61 Å². The Labute approximate surface area is 123 Å². The molecule has 20 heavy (non-hydrogen) atoms. The lowest BCUT2D eigenvalue weighted by molar-refractivity contribution is -0.754. The smallest absolute Gasteiger partial charge is 0.260 e. The monoisotopic (exact) mass is 313 g/mol. The topological polar surface area (TPSA) is 60.1 Å². The molecule has 0 N–H and O–H groups in total. The third kappa shape index (κ3) is 3.62. The van der Waals surface area contributed by atoms with Crippen molar-refractivity contribution in [1.82, 2.24) is 5.10 Å². The fraction of sp³-hybridized carbons (Fsp3) is 0.385. The number of benzene rings is 1. The average molecular weight is 313 g/mol.